The molecule has 0 unspecified atom stereocenters. The topological polar surface area (TPSA) is 85.0 Å². The molecule has 2 aromatic carbocycles. The van der Waals surface area contributed by atoms with Crippen molar-refractivity contribution in [2.24, 2.45) is 0 Å². The molecule has 1 saturated heterocycles. The Morgan fingerprint density at radius 1 is 0.968 bits per heavy atom. The van der Waals surface area contributed by atoms with Crippen molar-refractivity contribution in [1.82, 2.24) is 14.4 Å². The van der Waals surface area contributed by atoms with Gasteiger partial charge in [0.05, 0.1) is 5.52 Å². The van der Waals surface area contributed by atoms with Gasteiger partial charge in [-0.3, -0.25) is 14.5 Å². The minimum atomic E-state index is -0.665. The maximum absolute atomic E-state index is 12.6. The fourth-order valence-electron chi connectivity index (χ4n) is 3.56. The van der Waals surface area contributed by atoms with Gasteiger partial charge in [0.15, 0.2) is 12.2 Å². The number of nitrogens with zero attached hydrogens (tertiary/aromatic N) is 3. The van der Waals surface area contributed by atoms with Crippen molar-refractivity contribution in [1.29, 1.82) is 0 Å². The maximum Gasteiger partial charge on any atom is 0.426 e. The summed E-state index contributed by atoms with van der Waals surface area (Å²) in [4.78, 5) is 40.9. The Hall–Kier alpha value is -3.10. The number of carbonyl (C=O) groups is 2. The number of benzene rings is 2. The van der Waals surface area contributed by atoms with Gasteiger partial charge in [-0.2, -0.15) is 0 Å². The van der Waals surface area contributed by atoms with Crippen LogP contribution in [-0.4, -0.2) is 65.5 Å². The number of fused-ring (bicyclic) bond motifs is 1. The Morgan fingerprint density at radius 2 is 1.68 bits per heavy atom. The van der Waals surface area contributed by atoms with Gasteiger partial charge < -0.3 is 14.1 Å². The third-order valence-corrected chi connectivity index (χ3v) is 5.53. The molecule has 31 heavy (non-hydrogen) atoms. The zero-order valence-corrected chi connectivity index (χ0v) is 17.6. The number of oxazole rings is 1. The highest BCUT2D eigenvalue weighted by Crippen LogP contribution is 2.16. The van der Waals surface area contributed by atoms with Crippen LogP contribution >= 0.6 is 11.6 Å². The van der Waals surface area contributed by atoms with Crippen molar-refractivity contribution in [3.05, 3.63) is 64.1 Å². The molecule has 2 heterocycles. The lowest BCUT2D eigenvalue weighted by Crippen LogP contribution is -2.50. The molecular weight excluding hydrogens is 422 g/mol. The van der Waals surface area contributed by atoms with E-state index < -0.39 is 5.76 Å². The SMILES string of the molecule is O=C(COc1ccc(Cl)cc1)N1CCN(CCC(=O)n2c(=O)oc3ccccc32)CC1. The van der Waals surface area contributed by atoms with Gasteiger partial charge in [0.25, 0.3) is 5.91 Å². The number of rotatable bonds is 6. The number of hydrogen-bond acceptors (Lipinski definition) is 6. The van der Waals surface area contributed by atoms with E-state index >= 15 is 0 Å². The van der Waals surface area contributed by atoms with Gasteiger partial charge in [-0.25, -0.2) is 9.36 Å². The number of carbonyl (C=O) groups excluding carboxylic acids is 2. The molecule has 1 amide bonds. The van der Waals surface area contributed by atoms with Crippen LogP contribution in [0.2, 0.25) is 5.02 Å². The molecule has 1 fully saturated rings. The molecule has 0 radical (unpaired) electrons. The van der Waals surface area contributed by atoms with E-state index in [0.29, 0.717) is 54.6 Å². The molecule has 162 valence electrons. The zero-order chi connectivity index (χ0) is 21.8. The van der Waals surface area contributed by atoms with Gasteiger partial charge in [0.1, 0.15) is 5.75 Å². The van der Waals surface area contributed by atoms with Crippen LogP contribution in [0.25, 0.3) is 11.1 Å². The third kappa shape index (κ3) is 4.98. The van der Waals surface area contributed by atoms with E-state index in [0.717, 1.165) is 4.57 Å². The molecule has 0 bridgehead atoms. The van der Waals surface area contributed by atoms with Crippen molar-refractivity contribution in [2.45, 2.75) is 6.42 Å². The van der Waals surface area contributed by atoms with Crippen molar-refractivity contribution < 1.29 is 18.7 Å². The first-order chi connectivity index (χ1) is 15.0. The van der Waals surface area contributed by atoms with E-state index in [1.807, 2.05) is 0 Å². The van der Waals surface area contributed by atoms with Crippen molar-refractivity contribution in [3.63, 3.8) is 0 Å². The number of amides is 1. The molecular formula is C22H22ClN3O5. The summed E-state index contributed by atoms with van der Waals surface area (Å²) in [6.07, 6.45) is 0.192. The summed E-state index contributed by atoms with van der Waals surface area (Å²) in [5.74, 6) is -0.453. The molecule has 0 N–H and O–H groups in total. The Labute approximate surface area is 183 Å². The fraction of sp³-hybridized carbons (Fsp3) is 0.318. The summed E-state index contributed by atoms with van der Waals surface area (Å²) in [6.45, 7) is 2.91. The fourth-order valence-corrected chi connectivity index (χ4v) is 3.68. The van der Waals surface area contributed by atoms with Crippen LogP contribution in [0.5, 0.6) is 5.75 Å². The Morgan fingerprint density at radius 3 is 2.42 bits per heavy atom. The molecule has 1 aromatic heterocycles. The second-order valence-electron chi connectivity index (χ2n) is 7.28. The molecule has 3 aromatic rings. The molecule has 0 saturated carbocycles. The van der Waals surface area contributed by atoms with E-state index in [-0.39, 0.29) is 24.8 Å². The first kappa shape index (κ1) is 21.1. The van der Waals surface area contributed by atoms with Crippen molar-refractivity contribution in [3.8, 4) is 5.75 Å². The van der Waals surface area contributed by atoms with Crippen LogP contribution in [0.1, 0.15) is 11.2 Å². The number of para-hydroxylation sites is 2. The first-order valence-electron chi connectivity index (χ1n) is 10.0. The summed E-state index contributed by atoms with van der Waals surface area (Å²) in [7, 11) is 0. The smallest absolute Gasteiger partial charge is 0.426 e. The van der Waals surface area contributed by atoms with E-state index in [1.165, 1.54) is 0 Å². The second kappa shape index (κ2) is 9.36. The Balaban J connectivity index is 1.24. The molecule has 0 spiro atoms. The summed E-state index contributed by atoms with van der Waals surface area (Å²) in [6, 6.07) is 13.7. The van der Waals surface area contributed by atoms with Crippen molar-refractivity contribution >= 4 is 34.5 Å². The van der Waals surface area contributed by atoms with Crippen LogP contribution in [0.3, 0.4) is 0 Å². The number of hydrogen-bond donors (Lipinski definition) is 0. The number of ether oxygens (including phenoxy) is 1. The van der Waals surface area contributed by atoms with Crippen LogP contribution in [0.4, 0.5) is 0 Å². The minimum absolute atomic E-state index is 0.0312. The maximum atomic E-state index is 12.6. The van der Waals surface area contributed by atoms with E-state index in [1.54, 1.807) is 53.4 Å². The van der Waals surface area contributed by atoms with Crippen LogP contribution < -0.4 is 10.5 Å². The van der Waals surface area contributed by atoms with Gasteiger partial charge in [-0.1, -0.05) is 23.7 Å². The zero-order valence-electron chi connectivity index (χ0n) is 16.8. The lowest BCUT2D eigenvalue weighted by Gasteiger charge is -2.34. The largest absolute Gasteiger partial charge is 0.484 e. The van der Waals surface area contributed by atoms with Gasteiger partial charge >= 0.3 is 5.76 Å². The summed E-state index contributed by atoms with van der Waals surface area (Å²) < 4.78 is 11.7. The standard InChI is InChI=1S/C22H22ClN3O5/c23-16-5-7-17(8-6-16)30-15-21(28)25-13-11-24(12-14-25)10-9-20(27)26-18-3-1-2-4-19(18)31-22(26)29/h1-8H,9-15H2. The second-order valence-corrected chi connectivity index (χ2v) is 7.72. The molecule has 4 rings (SSSR count). The Bertz CT molecular complexity index is 1130. The lowest BCUT2D eigenvalue weighted by atomic mass is 10.2. The third-order valence-electron chi connectivity index (χ3n) is 5.28. The van der Waals surface area contributed by atoms with Crippen LogP contribution in [0, 0.1) is 0 Å². The highest BCUT2D eigenvalue weighted by molar-refractivity contribution is 6.30. The summed E-state index contributed by atoms with van der Waals surface area (Å²) in [5.41, 5.74) is 0.877. The Kier molecular flexibility index (Phi) is 6.39. The van der Waals surface area contributed by atoms with E-state index in [2.05, 4.69) is 4.90 Å². The molecule has 1 aliphatic rings. The predicted octanol–water partition coefficient (Wildman–Crippen LogP) is 2.50. The molecule has 1 aliphatic heterocycles. The lowest BCUT2D eigenvalue weighted by molar-refractivity contribution is -0.135. The van der Waals surface area contributed by atoms with Gasteiger partial charge in [-0.05, 0) is 36.4 Å². The first-order valence-corrected chi connectivity index (χ1v) is 10.4. The summed E-state index contributed by atoms with van der Waals surface area (Å²) in [5, 5.41) is 0.610. The number of piperazine rings is 1. The van der Waals surface area contributed by atoms with E-state index in [4.69, 9.17) is 20.8 Å². The molecule has 9 heteroatoms. The monoisotopic (exact) mass is 443 g/mol. The normalized spacial score (nSPS) is 14.7. The van der Waals surface area contributed by atoms with Crippen molar-refractivity contribution in [2.75, 3.05) is 39.3 Å². The highest BCUT2D eigenvalue weighted by atomic mass is 35.5. The highest BCUT2D eigenvalue weighted by Gasteiger charge is 2.23. The number of aromatic nitrogens is 1. The summed E-state index contributed by atoms with van der Waals surface area (Å²) >= 11 is 5.84. The van der Waals surface area contributed by atoms with Gasteiger partial charge in [0, 0.05) is 44.2 Å². The van der Waals surface area contributed by atoms with Crippen LogP contribution in [0.15, 0.2) is 57.7 Å². The van der Waals surface area contributed by atoms with Gasteiger partial charge in [-0.15, -0.1) is 0 Å². The average Bonchev–Trinajstić information content (AvgIpc) is 3.13. The number of halogens is 1. The molecule has 0 atom stereocenters. The molecule has 8 nitrogen and oxygen atoms in total. The van der Waals surface area contributed by atoms with E-state index in [9.17, 15) is 14.4 Å². The quantitative estimate of drug-likeness (QED) is 0.582. The van der Waals surface area contributed by atoms with Gasteiger partial charge in [0.2, 0.25) is 5.91 Å². The minimum Gasteiger partial charge on any atom is -0.484 e. The molecule has 0 aliphatic carbocycles. The van der Waals surface area contributed by atoms with Crippen LogP contribution in [-0.2, 0) is 4.79 Å². The predicted molar refractivity (Wildman–Crippen MR) is 116 cm³/mol. The average molecular weight is 444 g/mol.